The number of amides is 1. The number of benzene rings is 1. The minimum absolute atomic E-state index is 0.155. The van der Waals surface area contributed by atoms with Crippen LogP contribution >= 0.6 is 11.6 Å². The summed E-state index contributed by atoms with van der Waals surface area (Å²) in [7, 11) is 1.59. The molecule has 1 aliphatic heterocycles. The average molecular weight is 348 g/mol. The number of pyridine rings is 1. The molecule has 1 atom stereocenters. The molecule has 0 radical (unpaired) electrons. The molecule has 1 aliphatic rings. The normalized spacial score (nSPS) is 16.7. The number of halogens is 1. The smallest absolute Gasteiger partial charge is 0.254 e. The Morgan fingerprint density at radius 3 is 2.92 bits per heavy atom. The summed E-state index contributed by atoms with van der Waals surface area (Å²) in [5, 5.41) is 6.55. The Morgan fingerprint density at radius 2 is 2.25 bits per heavy atom. The van der Waals surface area contributed by atoms with Gasteiger partial charge in [-0.15, -0.1) is 0 Å². The first-order valence-corrected chi connectivity index (χ1v) is 8.02. The highest BCUT2D eigenvalue weighted by Crippen LogP contribution is 2.30. The molecule has 0 saturated carbocycles. The van der Waals surface area contributed by atoms with Crippen LogP contribution in [0.3, 0.4) is 0 Å². The van der Waals surface area contributed by atoms with E-state index in [9.17, 15) is 4.79 Å². The van der Waals surface area contributed by atoms with Gasteiger partial charge < -0.3 is 20.1 Å². The van der Waals surface area contributed by atoms with Crippen molar-refractivity contribution >= 4 is 34.7 Å². The van der Waals surface area contributed by atoms with Crippen molar-refractivity contribution < 1.29 is 14.3 Å². The first kappa shape index (κ1) is 16.5. The number of carbonyl (C=O) groups excluding carboxylic acids is 1. The summed E-state index contributed by atoms with van der Waals surface area (Å²) in [5.41, 5.74) is 1.49. The van der Waals surface area contributed by atoms with E-state index in [2.05, 4.69) is 15.6 Å². The van der Waals surface area contributed by atoms with Gasteiger partial charge in [0.05, 0.1) is 24.7 Å². The molecule has 6 nitrogen and oxygen atoms in total. The molecule has 2 heterocycles. The van der Waals surface area contributed by atoms with Crippen LogP contribution < -0.4 is 15.4 Å². The molecule has 1 fully saturated rings. The molecule has 2 N–H and O–H groups in total. The molecular weight excluding hydrogens is 330 g/mol. The second-order valence-electron chi connectivity index (χ2n) is 5.39. The van der Waals surface area contributed by atoms with Crippen LogP contribution in [0, 0.1) is 0 Å². The molecule has 1 saturated heterocycles. The van der Waals surface area contributed by atoms with E-state index in [1.807, 2.05) is 6.07 Å². The van der Waals surface area contributed by atoms with E-state index in [1.54, 1.807) is 37.6 Å². The lowest BCUT2D eigenvalue weighted by Gasteiger charge is -2.12. The Kier molecular flexibility index (Phi) is 5.17. The number of rotatable bonds is 5. The molecule has 0 bridgehead atoms. The summed E-state index contributed by atoms with van der Waals surface area (Å²) in [6.45, 7) is 0.635. The van der Waals surface area contributed by atoms with E-state index < -0.39 is 0 Å². The Labute approximate surface area is 145 Å². The fourth-order valence-corrected chi connectivity index (χ4v) is 2.64. The Morgan fingerprint density at radius 1 is 1.38 bits per heavy atom. The summed E-state index contributed by atoms with van der Waals surface area (Å²) in [4.78, 5) is 16.2. The van der Waals surface area contributed by atoms with Crippen LogP contribution in [0.2, 0.25) is 5.02 Å². The molecule has 7 heteroatoms. The first-order chi connectivity index (χ1) is 11.7. The third-order valence-corrected chi connectivity index (χ3v) is 3.91. The maximum atomic E-state index is 12.0. The molecule has 1 aromatic heterocycles. The second kappa shape index (κ2) is 7.51. The van der Waals surface area contributed by atoms with Gasteiger partial charge in [0.25, 0.3) is 5.91 Å². The Balaban J connectivity index is 1.66. The number of hydrogen-bond donors (Lipinski definition) is 2. The summed E-state index contributed by atoms with van der Waals surface area (Å²) in [5.74, 6) is 1.01. The van der Waals surface area contributed by atoms with Crippen molar-refractivity contribution in [1.29, 1.82) is 0 Å². The second-order valence-corrected chi connectivity index (χ2v) is 5.83. The maximum Gasteiger partial charge on any atom is 0.254 e. The lowest BCUT2D eigenvalue weighted by molar-refractivity contribution is -0.124. The summed E-state index contributed by atoms with van der Waals surface area (Å²) in [6.07, 6.45) is 2.92. The lowest BCUT2D eigenvalue weighted by Crippen LogP contribution is -2.27. The summed E-state index contributed by atoms with van der Waals surface area (Å²) < 4.78 is 10.6. The number of hydrogen-bond acceptors (Lipinski definition) is 5. The topological polar surface area (TPSA) is 72.5 Å². The number of methoxy groups -OCH3 is 1. The zero-order valence-corrected chi connectivity index (χ0v) is 14.0. The van der Waals surface area contributed by atoms with Gasteiger partial charge in [0, 0.05) is 11.6 Å². The fourth-order valence-electron chi connectivity index (χ4n) is 2.47. The predicted octanol–water partition coefficient (Wildman–Crippen LogP) is 3.60. The standard InChI is InChI=1S/C17H18ClN3O3/c1-23-14-6-4-11(18)9-13(14)20-12-5-7-16(19-10-12)21-17(22)15-3-2-8-24-15/h4-7,9-10,15,20H,2-3,8H2,1H3,(H,19,21,22). The number of ether oxygens (including phenoxy) is 2. The molecule has 126 valence electrons. The molecule has 1 aromatic carbocycles. The molecule has 3 rings (SSSR count). The first-order valence-electron chi connectivity index (χ1n) is 7.65. The van der Waals surface area contributed by atoms with Crippen molar-refractivity contribution in [1.82, 2.24) is 4.98 Å². The van der Waals surface area contributed by atoms with Crippen molar-refractivity contribution in [3.63, 3.8) is 0 Å². The summed E-state index contributed by atoms with van der Waals surface area (Å²) >= 11 is 6.01. The van der Waals surface area contributed by atoms with Crippen molar-refractivity contribution in [3.8, 4) is 5.75 Å². The van der Waals surface area contributed by atoms with Crippen LogP contribution in [0.1, 0.15) is 12.8 Å². The predicted molar refractivity (Wildman–Crippen MR) is 93.1 cm³/mol. The number of aromatic nitrogens is 1. The van der Waals surface area contributed by atoms with Gasteiger partial charge in [0.2, 0.25) is 0 Å². The van der Waals surface area contributed by atoms with Gasteiger partial charge in [-0.05, 0) is 43.2 Å². The zero-order chi connectivity index (χ0) is 16.9. The highest BCUT2D eigenvalue weighted by molar-refractivity contribution is 6.31. The van der Waals surface area contributed by atoms with E-state index in [1.165, 1.54) is 0 Å². The monoisotopic (exact) mass is 347 g/mol. The van der Waals surface area contributed by atoms with E-state index in [-0.39, 0.29) is 12.0 Å². The van der Waals surface area contributed by atoms with E-state index >= 15 is 0 Å². The minimum Gasteiger partial charge on any atom is -0.495 e. The molecular formula is C17H18ClN3O3. The molecule has 2 aromatic rings. The molecule has 0 spiro atoms. The van der Waals surface area contributed by atoms with Crippen LogP contribution in [0.25, 0.3) is 0 Å². The highest BCUT2D eigenvalue weighted by Gasteiger charge is 2.23. The van der Waals surface area contributed by atoms with Gasteiger partial charge in [0.15, 0.2) is 0 Å². The number of carbonyl (C=O) groups is 1. The van der Waals surface area contributed by atoms with Crippen molar-refractivity contribution in [3.05, 3.63) is 41.6 Å². The van der Waals surface area contributed by atoms with Crippen LogP contribution in [0.5, 0.6) is 5.75 Å². The zero-order valence-electron chi connectivity index (χ0n) is 13.2. The maximum absolute atomic E-state index is 12.0. The van der Waals surface area contributed by atoms with Crippen LogP contribution in [-0.2, 0) is 9.53 Å². The molecule has 1 unspecified atom stereocenters. The average Bonchev–Trinajstić information content (AvgIpc) is 3.11. The number of nitrogens with one attached hydrogen (secondary N) is 2. The van der Waals surface area contributed by atoms with Crippen molar-refractivity contribution in [2.75, 3.05) is 24.4 Å². The van der Waals surface area contributed by atoms with E-state index in [0.717, 1.165) is 24.2 Å². The molecule has 0 aliphatic carbocycles. The van der Waals surface area contributed by atoms with E-state index in [0.29, 0.717) is 23.2 Å². The van der Waals surface area contributed by atoms with Crippen molar-refractivity contribution in [2.45, 2.75) is 18.9 Å². The van der Waals surface area contributed by atoms with E-state index in [4.69, 9.17) is 21.1 Å². The fraction of sp³-hybridized carbons (Fsp3) is 0.294. The molecule has 1 amide bonds. The lowest BCUT2D eigenvalue weighted by atomic mass is 10.2. The third-order valence-electron chi connectivity index (χ3n) is 3.68. The quantitative estimate of drug-likeness (QED) is 0.864. The van der Waals surface area contributed by atoms with Gasteiger partial charge >= 0.3 is 0 Å². The van der Waals surface area contributed by atoms with Gasteiger partial charge in [-0.1, -0.05) is 11.6 Å². The highest BCUT2D eigenvalue weighted by atomic mass is 35.5. The Bertz CT molecular complexity index is 716. The van der Waals surface area contributed by atoms with Crippen LogP contribution in [-0.4, -0.2) is 30.7 Å². The van der Waals surface area contributed by atoms with Crippen LogP contribution in [0.15, 0.2) is 36.5 Å². The SMILES string of the molecule is COc1ccc(Cl)cc1Nc1ccc(NC(=O)C2CCCO2)nc1. The van der Waals surface area contributed by atoms with Gasteiger partial charge in [0.1, 0.15) is 17.7 Å². The van der Waals surface area contributed by atoms with Gasteiger partial charge in [-0.25, -0.2) is 4.98 Å². The van der Waals surface area contributed by atoms with Crippen molar-refractivity contribution in [2.24, 2.45) is 0 Å². The minimum atomic E-state index is -0.375. The molecule has 24 heavy (non-hydrogen) atoms. The van der Waals surface area contributed by atoms with Crippen LogP contribution in [0.4, 0.5) is 17.2 Å². The van der Waals surface area contributed by atoms with Gasteiger partial charge in [-0.3, -0.25) is 4.79 Å². The third kappa shape index (κ3) is 3.96. The number of anilines is 3. The van der Waals surface area contributed by atoms with Gasteiger partial charge in [-0.2, -0.15) is 0 Å². The Hall–Kier alpha value is -2.31. The number of nitrogens with zero attached hydrogens (tertiary/aromatic N) is 1. The largest absolute Gasteiger partial charge is 0.495 e. The summed E-state index contributed by atoms with van der Waals surface area (Å²) in [6, 6.07) is 8.86.